The summed E-state index contributed by atoms with van der Waals surface area (Å²) < 4.78 is 15.2. The van der Waals surface area contributed by atoms with E-state index in [1.165, 1.54) is 6.07 Å². The van der Waals surface area contributed by atoms with Crippen molar-refractivity contribution in [1.29, 1.82) is 0 Å². The van der Waals surface area contributed by atoms with E-state index in [0.29, 0.717) is 0 Å². The Hall–Kier alpha value is -1.09. The number of halogens is 1. The van der Waals surface area contributed by atoms with E-state index < -0.39 is 8.24 Å². The first-order valence-electron chi connectivity index (χ1n) is 4.75. The second-order valence-corrected chi connectivity index (χ2v) is 9.38. The number of hydrogen-bond donors (Lipinski definition) is 0. The molecule has 1 aromatic carbocycles. The molecule has 2 rings (SSSR count). The molecule has 0 saturated heterocycles. The first-order chi connectivity index (χ1) is 6.48. The summed E-state index contributed by atoms with van der Waals surface area (Å²) in [6.45, 7) is 6.82. The summed E-state index contributed by atoms with van der Waals surface area (Å²) >= 11 is 0. The summed E-state index contributed by atoms with van der Waals surface area (Å²) in [6, 6.07) is 6.96. The van der Waals surface area contributed by atoms with Crippen LogP contribution in [0.3, 0.4) is 0 Å². The van der Waals surface area contributed by atoms with Gasteiger partial charge in [-0.25, -0.2) is 4.39 Å². The fourth-order valence-electron chi connectivity index (χ4n) is 1.70. The van der Waals surface area contributed by atoms with Crippen molar-refractivity contribution in [2.75, 3.05) is 0 Å². The van der Waals surface area contributed by atoms with Gasteiger partial charge in [0.2, 0.25) is 0 Å². The molecule has 1 nitrogen and oxygen atoms in total. The molecule has 0 radical (unpaired) electrons. The molecule has 74 valence electrons. The van der Waals surface area contributed by atoms with E-state index in [4.69, 9.17) is 0 Å². The van der Waals surface area contributed by atoms with E-state index in [-0.39, 0.29) is 5.82 Å². The van der Waals surface area contributed by atoms with Crippen molar-refractivity contribution in [3.8, 4) is 0 Å². The molecule has 1 aromatic heterocycles. The molecular formula is C11H14FNSi. The van der Waals surface area contributed by atoms with E-state index in [9.17, 15) is 4.39 Å². The molecule has 3 heteroatoms. The number of hydrogen-bond acceptors (Lipinski definition) is 0. The van der Waals surface area contributed by atoms with Crippen LogP contribution in [-0.2, 0) is 0 Å². The second kappa shape index (κ2) is 2.95. The molecule has 0 atom stereocenters. The van der Waals surface area contributed by atoms with Crippen LogP contribution < -0.4 is 0 Å². The molecule has 2 aromatic rings. The lowest BCUT2D eigenvalue weighted by molar-refractivity contribution is 0.629. The smallest absolute Gasteiger partial charge is 0.152 e. The maximum Gasteiger partial charge on any atom is 0.152 e. The molecule has 0 aliphatic carbocycles. The van der Waals surface area contributed by atoms with Gasteiger partial charge in [0.15, 0.2) is 8.24 Å². The molecule has 0 amide bonds. The zero-order chi connectivity index (χ0) is 10.3. The van der Waals surface area contributed by atoms with Crippen LogP contribution in [0.4, 0.5) is 4.39 Å². The van der Waals surface area contributed by atoms with Gasteiger partial charge < -0.3 is 4.23 Å². The largest absolute Gasteiger partial charge is 0.375 e. The van der Waals surface area contributed by atoms with Gasteiger partial charge in [-0.3, -0.25) is 0 Å². The van der Waals surface area contributed by atoms with Gasteiger partial charge in [0.05, 0.1) is 0 Å². The van der Waals surface area contributed by atoms with Crippen LogP contribution in [0.15, 0.2) is 30.5 Å². The van der Waals surface area contributed by atoms with E-state index in [1.807, 2.05) is 12.1 Å². The van der Waals surface area contributed by atoms with Crippen molar-refractivity contribution in [2.24, 2.45) is 0 Å². The molecule has 0 saturated carbocycles. The zero-order valence-electron chi connectivity index (χ0n) is 8.71. The Morgan fingerprint density at radius 3 is 2.50 bits per heavy atom. The molecule has 0 N–H and O–H groups in total. The van der Waals surface area contributed by atoms with Gasteiger partial charge >= 0.3 is 0 Å². The topological polar surface area (TPSA) is 4.93 Å². The van der Waals surface area contributed by atoms with Gasteiger partial charge in [0, 0.05) is 10.9 Å². The minimum Gasteiger partial charge on any atom is -0.375 e. The summed E-state index contributed by atoms with van der Waals surface area (Å²) in [5.74, 6) is -0.161. The van der Waals surface area contributed by atoms with E-state index in [0.717, 1.165) is 10.9 Å². The summed E-state index contributed by atoms with van der Waals surface area (Å²) in [5, 5.41) is 0.993. The lowest BCUT2D eigenvalue weighted by atomic mass is 10.2. The SMILES string of the molecule is C[Si](C)(C)n1ccc2cc(F)ccc21. The van der Waals surface area contributed by atoms with Gasteiger partial charge in [0.1, 0.15) is 5.82 Å². The number of fused-ring (bicyclic) bond motifs is 1. The number of rotatable bonds is 1. The third-order valence-electron chi connectivity index (χ3n) is 2.37. The van der Waals surface area contributed by atoms with Crippen LogP contribution in [0, 0.1) is 5.82 Å². The van der Waals surface area contributed by atoms with Crippen molar-refractivity contribution in [2.45, 2.75) is 19.6 Å². The number of benzene rings is 1. The normalized spacial score (nSPS) is 12.3. The average Bonchev–Trinajstić information content (AvgIpc) is 2.45. The first kappa shape index (κ1) is 9.46. The third-order valence-corrected chi connectivity index (χ3v) is 4.21. The van der Waals surface area contributed by atoms with Crippen molar-refractivity contribution >= 4 is 19.1 Å². The minimum atomic E-state index is -1.37. The van der Waals surface area contributed by atoms with E-state index >= 15 is 0 Å². The van der Waals surface area contributed by atoms with Gasteiger partial charge in [-0.05, 0) is 30.5 Å². The van der Waals surface area contributed by atoms with Crippen molar-refractivity contribution < 1.29 is 4.39 Å². The lowest BCUT2D eigenvalue weighted by Crippen LogP contribution is -2.30. The van der Waals surface area contributed by atoms with E-state index in [1.54, 1.807) is 6.07 Å². The van der Waals surface area contributed by atoms with Crippen LogP contribution in [0.2, 0.25) is 19.6 Å². The van der Waals surface area contributed by atoms with Gasteiger partial charge in [-0.15, -0.1) is 0 Å². The third kappa shape index (κ3) is 1.48. The van der Waals surface area contributed by atoms with Gasteiger partial charge in [-0.1, -0.05) is 19.6 Å². The highest BCUT2D eigenvalue weighted by Gasteiger charge is 2.17. The zero-order valence-corrected chi connectivity index (χ0v) is 9.71. The molecule has 1 heterocycles. The van der Waals surface area contributed by atoms with Crippen molar-refractivity contribution in [3.63, 3.8) is 0 Å². The Morgan fingerprint density at radius 2 is 1.86 bits per heavy atom. The Kier molecular flexibility index (Phi) is 1.99. The van der Waals surface area contributed by atoms with Crippen LogP contribution in [-0.4, -0.2) is 12.5 Å². The molecule has 0 bridgehead atoms. The van der Waals surface area contributed by atoms with Crippen LogP contribution in [0.1, 0.15) is 0 Å². The average molecular weight is 207 g/mol. The summed E-state index contributed by atoms with van der Waals surface area (Å²) in [4.78, 5) is 0. The first-order valence-corrected chi connectivity index (χ1v) is 8.20. The van der Waals surface area contributed by atoms with Gasteiger partial charge in [0.25, 0.3) is 0 Å². The lowest BCUT2D eigenvalue weighted by Gasteiger charge is -2.19. The fraction of sp³-hybridized carbons (Fsp3) is 0.273. The highest BCUT2D eigenvalue weighted by molar-refractivity contribution is 6.75. The molecule has 0 fully saturated rings. The number of nitrogens with zero attached hydrogens (tertiary/aromatic N) is 1. The molecular weight excluding hydrogens is 193 g/mol. The highest BCUT2D eigenvalue weighted by Crippen LogP contribution is 2.20. The Morgan fingerprint density at radius 1 is 1.14 bits per heavy atom. The predicted molar refractivity (Wildman–Crippen MR) is 60.6 cm³/mol. The fourth-order valence-corrected chi connectivity index (χ4v) is 3.15. The molecule has 0 unspecified atom stereocenters. The van der Waals surface area contributed by atoms with Crippen LogP contribution in [0.5, 0.6) is 0 Å². The molecule has 0 aliphatic heterocycles. The quantitative estimate of drug-likeness (QED) is 0.631. The van der Waals surface area contributed by atoms with Gasteiger partial charge in [-0.2, -0.15) is 0 Å². The van der Waals surface area contributed by atoms with Crippen LogP contribution >= 0.6 is 0 Å². The summed E-state index contributed by atoms with van der Waals surface area (Å²) in [7, 11) is -1.37. The number of aromatic nitrogens is 1. The summed E-state index contributed by atoms with van der Waals surface area (Å²) in [6.07, 6.45) is 2.07. The predicted octanol–water partition coefficient (Wildman–Crippen LogP) is 3.46. The van der Waals surface area contributed by atoms with Crippen molar-refractivity contribution in [1.82, 2.24) is 4.23 Å². The Balaban J connectivity index is 2.70. The van der Waals surface area contributed by atoms with E-state index in [2.05, 4.69) is 30.1 Å². The maximum atomic E-state index is 12.9. The second-order valence-electron chi connectivity index (χ2n) is 4.56. The standard InChI is InChI=1S/C11H14FNSi/c1-14(2,3)13-7-6-9-8-10(12)4-5-11(9)13/h4-8H,1-3H3. The Labute approximate surface area is 84.3 Å². The van der Waals surface area contributed by atoms with Crippen LogP contribution in [0.25, 0.3) is 10.9 Å². The monoisotopic (exact) mass is 207 g/mol. The maximum absolute atomic E-state index is 12.9. The summed E-state index contributed by atoms with van der Waals surface area (Å²) in [5.41, 5.74) is 1.14. The van der Waals surface area contributed by atoms with Crippen molar-refractivity contribution in [3.05, 3.63) is 36.3 Å². The Bertz CT molecular complexity index is 468. The minimum absolute atomic E-state index is 0.161. The molecule has 0 aliphatic rings. The molecule has 14 heavy (non-hydrogen) atoms. The molecule has 0 spiro atoms. The highest BCUT2D eigenvalue weighted by atomic mass is 28.3.